The molecule has 1 aromatic carbocycles. The molecule has 0 spiro atoms. The van der Waals surface area contributed by atoms with Gasteiger partial charge in [0.1, 0.15) is 5.82 Å². The summed E-state index contributed by atoms with van der Waals surface area (Å²) in [4.78, 5) is 23.1. The molecule has 3 N–H and O–H groups in total. The summed E-state index contributed by atoms with van der Waals surface area (Å²) in [5, 5.41) is 14.1. The number of benzene rings is 1. The predicted molar refractivity (Wildman–Crippen MR) is 78.5 cm³/mol. The number of carbonyl (C=O) groups is 2. The van der Waals surface area contributed by atoms with Crippen LogP contribution in [0, 0.1) is 11.7 Å². The Bertz CT molecular complexity index is 523. The quantitative estimate of drug-likeness (QED) is 0.726. The van der Waals surface area contributed by atoms with Crippen LogP contribution in [0.25, 0.3) is 0 Å². The Morgan fingerprint density at radius 3 is 2.57 bits per heavy atom. The maximum atomic E-state index is 13.0. The van der Waals surface area contributed by atoms with E-state index in [0.29, 0.717) is 6.42 Å². The summed E-state index contributed by atoms with van der Waals surface area (Å²) < 4.78 is 13.0. The fourth-order valence-electron chi connectivity index (χ4n) is 1.51. The van der Waals surface area contributed by atoms with Gasteiger partial charge in [0, 0.05) is 12.2 Å². The largest absolute Gasteiger partial charge is 0.393 e. The lowest BCUT2D eigenvalue weighted by atomic mass is 10.0. The van der Waals surface area contributed by atoms with Crippen LogP contribution in [0.1, 0.15) is 20.3 Å². The van der Waals surface area contributed by atoms with Crippen molar-refractivity contribution < 1.29 is 19.1 Å². The number of amides is 2. The maximum absolute atomic E-state index is 13.0. The first-order chi connectivity index (χ1) is 9.81. The fourth-order valence-corrected chi connectivity index (χ4v) is 1.69. The standard InChI is InChI=1S/C14H18ClFN2O3/c1-8(2)12(19)5-6-17-13(20)14(21)18-9-3-4-11(16)10(15)7-9/h3-4,7-8,12,19H,5-6H2,1-2H3,(H,17,20)(H,18,21). The smallest absolute Gasteiger partial charge is 0.313 e. The van der Waals surface area contributed by atoms with Gasteiger partial charge in [-0.15, -0.1) is 0 Å². The van der Waals surface area contributed by atoms with Crippen molar-refractivity contribution in [2.75, 3.05) is 11.9 Å². The van der Waals surface area contributed by atoms with Gasteiger partial charge in [0.15, 0.2) is 0 Å². The van der Waals surface area contributed by atoms with Gasteiger partial charge in [-0.2, -0.15) is 0 Å². The molecular weight excluding hydrogens is 299 g/mol. The number of hydrogen-bond acceptors (Lipinski definition) is 3. The highest BCUT2D eigenvalue weighted by Crippen LogP contribution is 2.19. The van der Waals surface area contributed by atoms with Gasteiger partial charge >= 0.3 is 11.8 Å². The molecule has 0 aliphatic heterocycles. The summed E-state index contributed by atoms with van der Waals surface area (Å²) in [7, 11) is 0. The number of halogens is 2. The summed E-state index contributed by atoms with van der Waals surface area (Å²) in [6.45, 7) is 3.91. The van der Waals surface area contributed by atoms with Crippen LogP contribution in [0.5, 0.6) is 0 Å². The molecular formula is C14H18ClFN2O3. The van der Waals surface area contributed by atoms with Crippen LogP contribution in [-0.2, 0) is 9.59 Å². The van der Waals surface area contributed by atoms with Crippen LogP contribution in [0.2, 0.25) is 5.02 Å². The minimum Gasteiger partial charge on any atom is -0.393 e. The maximum Gasteiger partial charge on any atom is 0.313 e. The molecule has 7 heteroatoms. The summed E-state index contributed by atoms with van der Waals surface area (Å²) in [5.41, 5.74) is 0.226. The highest BCUT2D eigenvalue weighted by molar-refractivity contribution is 6.39. The molecule has 1 atom stereocenters. The molecule has 1 aromatic rings. The summed E-state index contributed by atoms with van der Waals surface area (Å²) in [5.74, 6) is -2.23. The molecule has 0 bridgehead atoms. The molecule has 116 valence electrons. The first-order valence-corrected chi connectivity index (χ1v) is 6.91. The van der Waals surface area contributed by atoms with Gasteiger partial charge in [0.2, 0.25) is 0 Å². The Morgan fingerprint density at radius 2 is 2.00 bits per heavy atom. The van der Waals surface area contributed by atoms with Gasteiger partial charge in [-0.1, -0.05) is 25.4 Å². The van der Waals surface area contributed by atoms with Crippen LogP contribution in [0.3, 0.4) is 0 Å². The SMILES string of the molecule is CC(C)C(O)CCNC(=O)C(=O)Nc1ccc(F)c(Cl)c1. The van der Waals surface area contributed by atoms with E-state index < -0.39 is 23.7 Å². The average Bonchev–Trinajstić information content (AvgIpc) is 2.42. The van der Waals surface area contributed by atoms with Crippen molar-refractivity contribution in [2.45, 2.75) is 26.4 Å². The lowest BCUT2D eigenvalue weighted by Crippen LogP contribution is -2.37. The average molecular weight is 317 g/mol. The van der Waals surface area contributed by atoms with Gasteiger partial charge in [0.05, 0.1) is 11.1 Å². The van der Waals surface area contributed by atoms with E-state index in [0.717, 1.165) is 6.07 Å². The monoisotopic (exact) mass is 316 g/mol. The molecule has 2 amide bonds. The number of carbonyl (C=O) groups excluding carboxylic acids is 2. The second-order valence-electron chi connectivity index (χ2n) is 4.94. The zero-order valence-electron chi connectivity index (χ0n) is 11.8. The van der Waals surface area contributed by atoms with Crippen molar-refractivity contribution in [3.05, 3.63) is 29.0 Å². The van der Waals surface area contributed by atoms with Crippen molar-refractivity contribution in [3.8, 4) is 0 Å². The molecule has 5 nitrogen and oxygen atoms in total. The number of nitrogens with one attached hydrogen (secondary N) is 2. The second kappa shape index (κ2) is 7.95. The molecule has 0 aromatic heterocycles. The van der Waals surface area contributed by atoms with Crippen LogP contribution >= 0.6 is 11.6 Å². The van der Waals surface area contributed by atoms with Crippen molar-refractivity contribution >= 4 is 29.1 Å². The lowest BCUT2D eigenvalue weighted by molar-refractivity contribution is -0.136. The molecule has 0 saturated carbocycles. The van der Waals surface area contributed by atoms with Crippen LogP contribution in [0.4, 0.5) is 10.1 Å². The Labute approximate surface area is 127 Å². The molecule has 0 fully saturated rings. The van der Waals surface area contributed by atoms with E-state index in [2.05, 4.69) is 10.6 Å². The third-order valence-corrected chi connectivity index (χ3v) is 3.17. The Hall–Kier alpha value is -1.66. The highest BCUT2D eigenvalue weighted by Gasteiger charge is 2.15. The fraction of sp³-hybridized carbons (Fsp3) is 0.429. The van der Waals surface area contributed by atoms with Gasteiger partial charge in [0.25, 0.3) is 0 Å². The summed E-state index contributed by atoms with van der Waals surface area (Å²) in [6, 6.07) is 3.61. The van der Waals surface area contributed by atoms with Crippen molar-refractivity contribution in [1.29, 1.82) is 0 Å². The van der Waals surface area contributed by atoms with Crippen molar-refractivity contribution in [1.82, 2.24) is 5.32 Å². The first-order valence-electron chi connectivity index (χ1n) is 6.53. The van der Waals surface area contributed by atoms with E-state index in [1.807, 2.05) is 13.8 Å². The number of aliphatic hydroxyl groups excluding tert-OH is 1. The highest BCUT2D eigenvalue weighted by atomic mass is 35.5. The molecule has 0 aliphatic rings. The van der Waals surface area contributed by atoms with Crippen molar-refractivity contribution in [3.63, 3.8) is 0 Å². The van der Waals surface area contributed by atoms with E-state index >= 15 is 0 Å². The zero-order valence-corrected chi connectivity index (χ0v) is 12.6. The molecule has 1 rings (SSSR count). The molecule has 0 radical (unpaired) electrons. The Balaban J connectivity index is 2.44. The molecule has 21 heavy (non-hydrogen) atoms. The van der Waals surface area contributed by atoms with Gasteiger partial charge in [-0.25, -0.2) is 4.39 Å². The Morgan fingerprint density at radius 1 is 1.33 bits per heavy atom. The third kappa shape index (κ3) is 5.69. The number of hydrogen-bond donors (Lipinski definition) is 3. The predicted octanol–water partition coefficient (Wildman–Crippen LogP) is 1.94. The number of anilines is 1. The molecule has 0 aliphatic carbocycles. The molecule has 0 saturated heterocycles. The van der Waals surface area contributed by atoms with Gasteiger partial charge in [-0.3, -0.25) is 9.59 Å². The molecule has 0 heterocycles. The lowest BCUT2D eigenvalue weighted by Gasteiger charge is -2.14. The van der Waals surface area contributed by atoms with Crippen LogP contribution in [0.15, 0.2) is 18.2 Å². The van der Waals surface area contributed by atoms with Crippen LogP contribution in [-0.4, -0.2) is 29.6 Å². The summed E-state index contributed by atoms with van der Waals surface area (Å²) >= 11 is 5.57. The first kappa shape index (κ1) is 17.4. The zero-order chi connectivity index (χ0) is 16.0. The van der Waals surface area contributed by atoms with Crippen molar-refractivity contribution in [2.24, 2.45) is 5.92 Å². The number of rotatable bonds is 5. The van der Waals surface area contributed by atoms with Gasteiger partial charge < -0.3 is 15.7 Å². The van der Waals surface area contributed by atoms with Gasteiger partial charge in [-0.05, 0) is 30.5 Å². The second-order valence-corrected chi connectivity index (χ2v) is 5.35. The van der Waals surface area contributed by atoms with E-state index in [1.54, 1.807) is 0 Å². The third-order valence-electron chi connectivity index (χ3n) is 2.88. The summed E-state index contributed by atoms with van der Waals surface area (Å²) in [6.07, 6.45) is -0.178. The van der Waals surface area contributed by atoms with E-state index in [-0.39, 0.29) is 23.2 Å². The number of aliphatic hydroxyl groups is 1. The van der Waals surface area contributed by atoms with E-state index in [9.17, 15) is 19.1 Å². The minimum absolute atomic E-state index is 0.0806. The van der Waals surface area contributed by atoms with Crippen LogP contribution < -0.4 is 10.6 Å². The topological polar surface area (TPSA) is 78.4 Å². The Kier molecular flexibility index (Phi) is 6.58. The minimum atomic E-state index is -0.878. The molecule has 1 unspecified atom stereocenters. The van der Waals surface area contributed by atoms with E-state index in [1.165, 1.54) is 12.1 Å². The van der Waals surface area contributed by atoms with E-state index in [4.69, 9.17) is 11.6 Å². The normalized spacial score (nSPS) is 12.1.